The predicted octanol–water partition coefficient (Wildman–Crippen LogP) is 4.15. The van der Waals surface area contributed by atoms with Gasteiger partial charge in [0.1, 0.15) is 17.6 Å². The molecule has 0 saturated carbocycles. The SMILES string of the molecule is COc1ccc(-n2c(C)c(C)c(C#N)c2NC(=O)CSc2nnc(NCC3CCCO3)s2)cc1. The van der Waals surface area contributed by atoms with E-state index >= 15 is 0 Å². The maximum Gasteiger partial charge on any atom is 0.235 e. The zero-order chi connectivity index (χ0) is 24.1. The fourth-order valence-corrected chi connectivity index (χ4v) is 5.32. The van der Waals surface area contributed by atoms with Crippen LogP contribution in [-0.4, -0.2) is 52.8 Å². The number of methoxy groups -OCH3 is 1. The summed E-state index contributed by atoms with van der Waals surface area (Å²) in [6.45, 7) is 5.33. The molecule has 3 aromatic rings. The van der Waals surface area contributed by atoms with Gasteiger partial charge in [0.25, 0.3) is 0 Å². The van der Waals surface area contributed by atoms with Crippen LogP contribution in [0.2, 0.25) is 0 Å². The van der Waals surface area contributed by atoms with E-state index in [2.05, 4.69) is 26.9 Å². The first-order valence-corrected chi connectivity index (χ1v) is 12.7. The average Bonchev–Trinajstić information content (AvgIpc) is 3.58. The number of benzene rings is 1. The quantitative estimate of drug-likeness (QED) is 0.423. The Morgan fingerprint density at radius 3 is 2.82 bits per heavy atom. The maximum absolute atomic E-state index is 12.8. The van der Waals surface area contributed by atoms with Gasteiger partial charge < -0.3 is 20.1 Å². The van der Waals surface area contributed by atoms with Crippen molar-refractivity contribution in [3.8, 4) is 17.5 Å². The Kier molecular flexibility index (Phi) is 7.72. The summed E-state index contributed by atoms with van der Waals surface area (Å²) in [5.74, 6) is 1.12. The van der Waals surface area contributed by atoms with E-state index in [0.29, 0.717) is 27.4 Å². The Bertz CT molecular complexity index is 1190. The van der Waals surface area contributed by atoms with Crippen LogP contribution < -0.4 is 15.4 Å². The zero-order valence-electron chi connectivity index (χ0n) is 19.3. The van der Waals surface area contributed by atoms with Crippen molar-refractivity contribution in [3.05, 3.63) is 41.1 Å². The maximum atomic E-state index is 12.8. The Hall–Kier alpha value is -3.07. The number of carbonyl (C=O) groups excluding carboxylic acids is 1. The van der Waals surface area contributed by atoms with Crippen LogP contribution in [0.3, 0.4) is 0 Å². The summed E-state index contributed by atoms with van der Waals surface area (Å²) in [5.41, 5.74) is 2.99. The lowest BCUT2D eigenvalue weighted by Crippen LogP contribution is -2.18. The van der Waals surface area contributed by atoms with Gasteiger partial charge in [-0.25, -0.2) is 0 Å². The van der Waals surface area contributed by atoms with Crippen molar-refractivity contribution in [3.63, 3.8) is 0 Å². The summed E-state index contributed by atoms with van der Waals surface area (Å²) in [6, 6.07) is 9.70. The van der Waals surface area contributed by atoms with E-state index in [-0.39, 0.29) is 17.8 Å². The summed E-state index contributed by atoms with van der Waals surface area (Å²) in [7, 11) is 1.61. The summed E-state index contributed by atoms with van der Waals surface area (Å²) in [5, 5.41) is 24.9. The van der Waals surface area contributed by atoms with Gasteiger partial charge in [-0.05, 0) is 56.5 Å². The van der Waals surface area contributed by atoms with Crippen LogP contribution in [0.5, 0.6) is 5.75 Å². The van der Waals surface area contributed by atoms with Gasteiger partial charge in [0.2, 0.25) is 11.0 Å². The molecule has 2 N–H and O–H groups in total. The molecule has 1 aliphatic rings. The molecule has 3 heterocycles. The van der Waals surface area contributed by atoms with Crippen LogP contribution in [0.1, 0.15) is 29.7 Å². The molecule has 2 aromatic heterocycles. The molecule has 0 spiro atoms. The van der Waals surface area contributed by atoms with Crippen LogP contribution in [0.4, 0.5) is 10.9 Å². The fourth-order valence-electron chi connectivity index (χ4n) is 3.76. The summed E-state index contributed by atoms with van der Waals surface area (Å²) < 4.78 is 13.4. The summed E-state index contributed by atoms with van der Waals surface area (Å²) in [6.07, 6.45) is 2.36. The lowest BCUT2D eigenvalue weighted by Gasteiger charge is -2.13. The number of nitrogens with zero attached hydrogens (tertiary/aromatic N) is 4. The van der Waals surface area contributed by atoms with Gasteiger partial charge in [0, 0.05) is 24.5 Å². The van der Waals surface area contributed by atoms with Crippen LogP contribution in [0.15, 0.2) is 28.6 Å². The molecule has 1 aliphatic heterocycles. The molecule has 0 aliphatic carbocycles. The summed E-state index contributed by atoms with van der Waals surface area (Å²) in [4.78, 5) is 12.8. The molecule has 11 heteroatoms. The molecule has 1 unspecified atom stereocenters. The molecular weight excluding hydrogens is 472 g/mol. The number of rotatable bonds is 9. The zero-order valence-corrected chi connectivity index (χ0v) is 20.9. The first-order chi connectivity index (χ1) is 16.5. The molecular formula is C23H26N6O3S2. The highest BCUT2D eigenvalue weighted by Crippen LogP contribution is 2.31. The van der Waals surface area contributed by atoms with E-state index in [0.717, 1.165) is 42.1 Å². The Morgan fingerprint density at radius 2 is 2.15 bits per heavy atom. The van der Waals surface area contributed by atoms with Crippen molar-refractivity contribution < 1.29 is 14.3 Å². The van der Waals surface area contributed by atoms with Crippen LogP contribution >= 0.6 is 23.1 Å². The van der Waals surface area contributed by atoms with Gasteiger partial charge in [-0.1, -0.05) is 23.1 Å². The van der Waals surface area contributed by atoms with Crippen LogP contribution in [0.25, 0.3) is 5.69 Å². The number of aromatic nitrogens is 3. The van der Waals surface area contributed by atoms with Crippen molar-refractivity contribution in [2.45, 2.75) is 37.1 Å². The van der Waals surface area contributed by atoms with Crippen molar-refractivity contribution >= 4 is 40.0 Å². The van der Waals surface area contributed by atoms with E-state index in [1.54, 1.807) is 7.11 Å². The second-order valence-electron chi connectivity index (χ2n) is 7.81. The Balaban J connectivity index is 1.42. The van der Waals surface area contributed by atoms with Gasteiger partial charge in [-0.15, -0.1) is 10.2 Å². The minimum atomic E-state index is -0.224. The Morgan fingerprint density at radius 1 is 1.35 bits per heavy atom. The van der Waals surface area contributed by atoms with Crippen molar-refractivity contribution in [2.24, 2.45) is 0 Å². The summed E-state index contributed by atoms with van der Waals surface area (Å²) >= 11 is 2.72. The molecule has 0 bridgehead atoms. The third kappa shape index (κ3) is 5.35. The number of hydrogen-bond acceptors (Lipinski definition) is 9. The monoisotopic (exact) mass is 498 g/mol. The third-order valence-corrected chi connectivity index (χ3v) is 7.67. The van der Waals surface area contributed by atoms with Crippen LogP contribution in [-0.2, 0) is 9.53 Å². The van der Waals surface area contributed by atoms with E-state index in [4.69, 9.17) is 9.47 Å². The van der Waals surface area contributed by atoms with Crippen molar-refractivity contribution in [1.29, 1.82) is 5.26 Å². The third-order valence-electron chi connectivity index (χ3n) is 5.65. The van der Waals surface area contributed by atoms with Gasteiger partial charge in [0.15, 0.2) is 4.34 Å². The highest BCUT2D eigenvalue weighted by Gasteiger charge is 2.21. The molecule has 1 aromatic carbocycles. The molecule has 4 rings (SSSR count). The minimum Gasteiger partial charge on any atom is -0.497 e. The molecule has 1 amide bonds. The number of nitrogens with one attached hydrogen (secondary N) is 2. The van der Waals surface area contributed by atoms with E-state index < -0.39 is 0 Å². The minimum absolute atomic E-state index is 0.150. The van der Waals surface area contributed by atoms with Gasteiger partial charge in [-0.3, -0.25) is 9.36 Å². The number of carbonyl (C=O) groups is 1. The second kappa shape index (κ2) is 10.9. The molecule has 34 heavy (non-hydrogen) atoms. The average molecular weight is 499 g/mol. The van der Waals surface area contributed by atoms with Crippen LogP contribution in [0, 0.1) is 25.2 Å². The first-order valence-electron chi connectivity index (χ1n) is 10.9. The molecule has 178 valence electrons. The highest BCUT2D eigenvalue weighted by molar-refractivity contribution is 8.01. The van der Waals surface area contributed by atoms with Gasteiger partial charge in [-0.2, -0.15) is 5.26 Å². The predicted molar refractivity (Wildman–Crippen MR) is 133 cm³/mol. The number of thioether (sulfide) groups is 1. The largest absolute Gasteiger partial charge is 0.497 e. The van der Waals surface area contributed by atoms with Crippen molar-refractivity contribution in [2.75, 3.05) is 36.6 Å². The number of amides is 1. The van der Waals surface area contributed by atoms with Crippen molar-refractivity contribution in [1.82, 2.24) is 14.8 Å². The van der Waals surface area contributed by atoms with E-state index in [1.165, 1.54) is 23.1 Å². The first kappa shape index (κ1) is 24.1. The topological polar surface area (TPSA) is 114 Å². The molecule has 1 fully saturated rings. The van der Waals surface area contributed by atoms with E-state index in [9.17, 15) is 10.1 Å². The normalized spacial score (nSPS) is 15.2. The molecule has 1 atom stereocenters. The standard InChI is InChI=1S/C23H26N6O3S2/c1-14-15(2)29(16-6-8-17(31-3)9-7-16)21(19(14)11-24)26-20(30)13-33-23-28-27-22(34-23)25-12-18-5-4-10-32-18/h6-9,18H,4-5,10,12-13H2,1-3H3,(H,25,27)(H,26,30). The number of anilines is 2. The van der Waals surface area contributed by atoms with E-state index in [1.807, 2.05) is 42.7 Å². The molecule has 9 nitrogen and oxygen atoms in total. The Labute approximate surface area is 206 Å². The molecule has 0 radical (unpaired) electrons. The number of nitriles is 1. The number of hydrogen-bond donors (Lipinski definition) is 2. The smallest absolute Gasteiger partial charge is 0.235 e. The van der Waals surface area contributed by atoms with Gasteiger partial charge >= 0.3 is 0 Å². The fraction of sp³-hybridized carbons (Fsp3) is 0.391. The van der Waals surface area contributed by atoms with Gasteiger partial charge in [0.05, 0.1) is 24.5 Å². The lowest BCUT2D eigenvalue weighted by molar-refractivity contribution is -0.113. The lowest BCUT2D eigenvalue weighted by atomic mass is 10.2. The highest BCUT2D eigenvalue weighted by atomic mass is 32.2. The molecule has 1 saturated heterocycles. The second-order valence-corrected chi connectivity index (χ2v) is 10.0. The number of ether oxygens (including phenoxy) is 2.